The molecule has 0 aromatic rings. The summed E-state index contributed by atoms with van der Waals surface area (Å²) < 4.78 is 16.9. The van der Waals surface area contributed by atoms with E-state index in [-0.39, 0.29) is 37.5 Å². The van der Waals surface area contributed by atoms with E-state index in [4.69, 9.17) is 14.2 Å². The number of carbonyl (C=O) groups is 3. The minimum Gasteiger partial charge on any atom is -0.462 e. The summed E-state index contributed by atoms with van der Waals surface area (Å²) in [7, 11) is 0. The first-order valence-electron chi connectivity index (χ1n) is 34.2. The highest BCUT2D eigenvalue weighted by Crippen LogP contribution is 2.17. The summed E-state index contributed by atoms with van der Waals surface area (Å²) in [6.45, 7) is 6.49. The molecule has 0 aliphatic carbocycles. The fourth-order valence-electron chi connectivity index (χ4n) is 9.72. The summed E-state index contributed by atoms with van der Waals surface area (Å²) in [5, 5.41) is 0. The van der Waals surface area contributed by atoms with Crippen molar-refractivity contribution in [3.8, 4) is 0 Å². The van der Waals surface area contributed by atoms with Crippen molar-refractivity contribution in [3.05, 3.63) is 97.2 Å². The van der Waals surface area contributed by atoms with Crippen molar-refractivity contribution in [2.24, 2.45) is 0 Å². The number of esters is 3. The van der Waals surface area contributed by atoms with Gasteiger partial charge < -0.3 is 14.2 Å². The second kappa shape index (κ2) is 67.8. The van der Waals surface area contributed by atoms with Gasteiger partial charge in [0.15, 0.2) is 6.10 Å². The predicted octanol–water partition coefficient (Wildman–Crippen LogP) is 23.6. The van der Waals surface area contributed by atoms with E-state index >= 15 is 0 Å². The lowest BCUT2D eigenvalue weighted by Gasteiger charge is -2.18. The Kier molecular flexibility index (Phi) is 64.7. The minimum atomic E-state index is -0.805. The highest BCUT2D eigenvalue weighted by molar-refractivity contribution is 5.71. The fraction of sp³-hybridized carbons (Fsp3) is 0.743. The van der Waals surface area contributed by atoms with Crippen LogP contribution in [0.3, 0.4) is 0 Å². The lowest BCUT2D eigenvalue weighted by molar-refractivity contribution is -0.167. The van der Waals surface area contributed by atoms with Gasteiger partial charge in [-0.05, 0) is 96.3 Å². The Hall–Kier alpha value is -3.67. The largest absolute Gasteiger partial charge is 0.462 e. The third kappa shape index (κ3) is 65.1. The van der Waals surface area contributed by atoms with Gasteiger partial charge in [0, 0.05) is 19.3 Å². The highest BCUT2D eigenvalue weighted by Gasteiger charge is 2.19. The molecular formula is C74H128O6. The lowest BCUT2D eigenvalue weighted by Crippen LogP contribution is -2.30. The van der Waals surface area contributed by atoms with Crippen LogP contribution in [0, 0.1) is 0 Å². The Morgan fingerprint density at radius 3 is 0.800 bits per heavy atom. The molecule has 0 fully saturated rings. The van der Waals surface area contributed by atoms with E-state index in [1.807, 2.05) is 0 Å². The Morgan fingerprint density at radius 1 is 0.263 bits per heavy atom. The molecule has 80 heavy (non-hydrogen) atoms. The van der Waals surface area contributed by atoms with Crippen molar-refractivity contribution in [1.29, 1.82) is 0 Å². The van der Waals surface area contributed by atoms with Gasteiger partial charge in [-0.15, -0.1) is 0 Å². The molecule has 0 amide bonds. The van der Waals surface area contributed by atoms with Gasteiger partial charge in [-0.25, -0.2) is 0 Å². The Labute approximate surface area is 496 Å². The third-order valence-electron chi connectivity index (χ3n) is 14.8. The van der Waals surface area contributed by atoms with Gasteiger partial charge in [-0.3, -0.25) is 14.4 Å². The zero-order valence-corrected chi connectivity index (χ0v) is 52.8. The van der Waals surface area contributed by atoms with Crippen LogP contribution in [0.25, 0.3) is 0 Å². The van der Waals surface area contributed by atoms with Crippen LogP contribution < -0.4 is 0 Å². The average molecular weight is 1110 g/mol. The number of allylic oxidation sites excluding steroid dienone is 16. The minimum absolute atomic E-state index is 0.0962. The van der Waals surface area contributed by atoms with E-state index in [1.165, 1.54) is 199 Å². The van der Waals surface area contributed by atoms with Crippen molar-refractivity contribution in [2.75, 3.05) is 13.2 Å². The van der Waals surface area contributed by atoms with E-state index in [2.05, 4.69) is 118 Å². The van der Waals surface area contributed by atoms with Crippen LogP contribution in [0.4, 0.5) is 0 Å². The van der Waals surface area contributed by atoms with Gasteiger partial charge in [-0.1, -0.05) is 317 Å². The van der Waals surface area contributed by atoms with Gasteiger partial charge >= 0.3 is 17.9 Å². The topological polar surface area (TPSA) is 78.9 Å². The van der Waals surface area contributed by atoms with E-state index in [1.54, 1.807) is 0 Å². The Morgan fingerprint density at radius 2 is 0.500 bits per heavy atom. The van der Waals surface area contributed by atoms with Gasteiger partial charge in [-0.2, -0.15) is 0 Å². The number of hydrogen-bond donors (Lipinski definition) is 0. The van der Waals surface area contributed by atoms with Crippen LogP contribution in [0.2, 0.25) is 0 Å². The monoisotopic (exact) mass is 1110 g/mol. The predicted molar refractivity (Wildman–Crippen MR) is 348 cm³/mol. The number of ether oxygens (including phenoxy) is 3. The van der Waals surface area contributed by atoms with Crippen molar-refractivity contribution >= 4 is 17.9 Å². The Bertz CT molecular complexity index is 1560. The molecule has 0 heterocycles. The standard InChI is InChI=1S/C74H128O6/c1-4-7-10-13-16-19-22-25-27-29-30-31-32-33-34-35-36-37-38-39-40-41-42-43-44-46-47-49-52-55-58-61-64-67-73(76)79-70-71(69-78-72(75)66-63-60-57-54-51-24-21-18-15-12-9-6-3)80-74(77)68-65-62-59-56-53-50-48-45-28-26-23-20-17-14-11-8-5-2/h8,11,17,20,22,25-26,28-30,32-33,48,50,56,59,71H,4-7,9-10,12-16,18-19,21,23-24,27,31,34-47,49,51-55,57-58,60-70H2,1-3H3/b11-8-,20-17-,25-22-,28-26-,30-29-,33-32-,50-48-,59-56-. The first-order chi connectivity index (χ1) is 39.5. The zero-order chi connectivity index (χ0) is 57.8. The van der Waals surface area contributed by atoms with Gasteiger partial charge in [0.25, 0.3) is 0 Å². The van der Waals surface area contributed by atoms with E-state index in [9.17, 15) is 14.4 Å². The van der Waals surface area contributed by atoms with Crippen LogP contribution in [-0.4, -0.2) is 37.2 Å². The van der Waals surface area contributed by atoms with Crippen LogP contribution in [-0.2, 0) is 28.6 Å². The van der Waals surface area contributed by atoms with E-state index < -0.39 is 6.10 Å². The summed E-state index contributed by atoms with van der Waals surface area (Å²) in [6, 6.07) is 0. The van der Waals surface area contributed by atoms with Crippen LogP contribution in [0.15, 0.2) is 97.2 Å². The molecule has 6 nitrogen and oxygen atoms in total. The maximum Gasteiger partial charge on any atom is 0.306 e. The third-order valence-corrected chi connectivity index (χ3v) is 14.8. The highest BCUT2D eigenvalue weighted by atomic mass is 16.6. The summed E-state index contributed by atoms with van der Waals surface area (Å²) >= 11 is 0. The summed E-state index contributed by atoms with van der Waals surface area (Å²) in [5.41, 5.74) is 0. The normalized spacial score (nSPS) is 12.7. The fourth-order valence-corrected chi connectivity index (χ4v) is 9.72. The molecule has 0 aromatic carbocycles. The second-order valence-electron chi connectivity index (χ2n) is 22.7. The number of hydrogen-bond acceptors (Lipinski definition) is 6. The molecule has 0 N–H and O–H groups in total. The van der Waals surface area contributed by atoms with E-state index in [0.29, 0.717) is 19.3 Å². The molecule has 0 spiro atoms. The quantitative estimate of drug-likeness (QED) is 0.0261. The Balaban J connectivity index is 4.19. The molecule has 0 aliphatic heterocycles. The summed E-state index contributed by atoms with van der Waals surface area (Å²) in [4.78, 5) is 38.3. The smallest absolute Gasteiger partial charge is 0.306 e. The first-order valence-corrected chi connectivity index (χ1v) is 34.2. The van der Waals surface area contributed by atoms with Crippen LogP contribution in [0.1, 0.15) is 335 Å². The average Bonchev–Trinajstić information content (AvgIpc) is 3.46. The number of carbonyl (C=O) groups excluding carboxylic acids is 3. The van der Waals surface area contributed by atoms with Crippen molar-refractivity contribution in [3.63, 3.8) is 0 Å². The molecule has 0 radical (unpaired) electrons. The molecule has 1 atom stereocenters. The second-order valence-corrected chi connectivity index (χ2v) is 22.7. The molecule has 0 bridgehead atoms. The first kappa shape index (κ1) is 76.3. The van der Waals surface area contributed by atoms with E-state index in [0.717, 1.165) is 89.9 Å². The SMILES string of the molecule is CC/C=C\C/C=C\C/C=C\C/C=C\C/C=C\CCCC(=O)OC(COC(=O)CCCCCCCCCCCCCC)COC(=O)CCCCCCCCCCCCCCCCCCCC/C=C\C/C=C\C/C=C\CCCCCCC. The molecule has 460 valence electrons. The van der Waals surface area contributed by atoms with Crippen molar-refractivity contribution < 1.29 is 28.6 Å². The molecule has 0 aliphatic rings. The number of unbranched alkanes of at least 4 members (excludes halogenated alkanes) is 35. The molecule has 1 unspecified atom stereocenters. The molecular weight excluding hydrogens is 985 g/mol. The van der Waals surface area contributed by atoms with Crippen molar-refractivity contribution in [1.82, 2.24) is 0 Å². The van der Waals surface area contributed by atoms with Crippen LogP contribution >= 0.6 is 0 Å². The lowest BCUT2D eigenvalue weighted by atomic mass is 10.0. The van der Waals surface area contributed by atoms with Gasteiger partial charge in [0.05, 0.1) is 0 Å². The van der Waals surface area contributed by atoms with Gasteiger partial charge in [0.1, 0.15) is 13.2 Å². The molecule has 6 heteroatoms. The van der Waals surface area contributed by atoms with Gasteiger partial charge in [0.2, 0.25) is 0 Å². The van der Waals surface area contributed by atoms with Crippen LogP contribution in [0.5, 0.6) is 0 Å². The molecule has 0 rings (SSSR count). The molecule has 0 saturated carbocycles. The summed E-state index contributed by atoms with van der Waals surface area (Å²) in [5.74, 6) is -0.942. The zero-order valence-electron chi connectivity index (χ0n) is 52.8. The molecule has 0 aromatic heterocycles. The van der Waals surface area contributed by atoms with Crippen molar-refractivity contribution in [2.45, 2.75) is 341 Å². The maximum absolute atomic E-state index is 12.9. The molecule has 0 saturated heterocycles. The number of rotatable bonds is 62. The summed E-state index contributed by atoms with van der Waals surface area (Å²) in [6.07, 6.45) is 91.6. The maximum atomic E-state index is 12.9.